The molecule has 1 amide bonds. The Balaban J connectivity index is 1.68. The summed E-state index contributed by atoms with van der Waals surface area (Å²) in [7, 11) is 0. The highest BCUT2D eigenvalue weighted by molar-refractivity contribution is 5.79. The summed E-state index contributed by atoms with van der Waals surface area (Å²) < 4.78 is 5.86. The third-order valence-corrected chi connectivity index (χ3v) is 5.28. The Hall–Kier alpha value is -0.570. The largest absolute Gasteiger partial charge is 0.376 e. The predicted octanol–water partition coefficient (Wildman–Crippen LogP) is 4.06. The average Bonchev–Trinajstić information content (AvgIpc) is 2.48. The summed E-state index contributed by atoms with van der Waals surface area (Å²) in [6, 6.07) is 0.435. The van der Waals surface area contributed by atoms with Gasteiger partial charge in [-0.3, -0.25) is 4.79 Å². The minimum Gasteiger partial charge on any atom is -0.376 e. The second-order valence-corrected chi connectivity index (χ2v) is 7.29. The molecule has 2 saturated carbocycles. The van der Waals surface area contributed by atoms with E-state index in [1.165, 1.54) is 32.1 Å². The Bertz CT molecular complexity index is 313. The van der Waals surface area contributed by atoms with Crippen LogP contribution in [0.5, 0.6) is 0 Å². The fourth-order valence-corrected chi connectivity index (χ4v) is 3.88. The monoisotopic (exact) mass is 295 g/mol. The number of ether oxygens (including phenoxy) is 1. The quantitative estimate of drug-likeness (QED) is 0.831. The molecule has 0 saturated heterocycles. The second-order valence-electron chi connectivity index (χ2n) is 7.29. The van der Waals surface area contributed by atoms with Crippen LogP contribution >= 0.6 is 0 Å². The molecular weight excluding hydrogens is 262 g/mol. The Morgan fingerprint density at radius 1 is 1.05 bits per heavy atom. The first-order valence-electron chi connectivity index (χ1n) is 9.04. The molecule has 0 aromatic rings. The van der Waals surface area contributed by atoms with Gasteiger partial charge < -0.3 is 10.1 Å². The molecule has 21 heavy (non-hydrogen) atoms. The molecule has 0 aliphatic heterocycles. The molecule has 0 aromatic heterocycles. The van der Waals surface area contributed by atoms with Crippen LogP contribution in [0.4, 0.5) is 0 Å². The Morgan fingerprint density at radius 3 is 2.19 bits per heavy atom. The van der Waals surface area contributed by atoms with Gasteiger partial charge in [-0.1, -0.05) is 13.3 Å². The van der Waals surface area contributed by atoms with Crippen molar-refractivity contribution in [1.82, 2.24) is 5.32 Å². The van der Waals surface area contributed by atoms with Gasteiger partial charge in [0.1, 0.15) is 0 Å². The van der Waals surface area contributed by atoms with Crippen LogP contribution in [-0.4, -0.2) is 24.2 Å². The molecule has 1 N–H and O–H groups in total. The van der Waals surface area contributed by atoms with Gasteiger partial charge in [-0.2, -0.15) is 0 Å². The molecule has 0 unspecified atom stereocenters. The Morgan fingerprint density at radius 2 is 1.67 bits per heavy atom. The van der Waals surface area contributed by atoms with Crippen LogP contribution in [0.25, 0.3) is 0 Å². The van der Waals surface area contributed by atoms with Crippen LogP contribution in [0.15, 0.2) is 0 Å². The summed E-state index contributed by atoms with van der Waals surface area (Å²) in [5, 5.41) is 3.31. The molecule has 2 aliphatic carbocycles. The number of carbonyl (C=O) groups is 1. The molecule has 0 aromatic carbocycles. The van der Waals surface area contributed by atoms with Crippen molar-refractivity contribution in [2.24, 2.45) is 11.8 Å². The molecule has 122 valence electrons. The van der Waals surface area contributed by atoms with Crippen molar-refractivity contribution < 1.29 is 9.53 Å². The third-order valence-electron chi connectivity index (χ3n) is 5.28. The number of rotatable bonds is 5. The zero-order valence-electron chi connectivity index (χ0n) is 14.1. The van der Waals surface area contributed by atoms with Crippen molar-refractivity contribution in [3.05, 3.63) is 0 Å². The fraction of sp³-hybridized carbons (Fsp3) is 0.944. The van der Waals surface area contributed by atoms with Crippen molar-refractivity contribution in [2.75, 3.05) is 0 Å². The minimum atomic E-state index is 0.223. The van der Waals surface area contributed by atoms with Crippen LogP contribution in [0.2, 0.25) is 0 Å². The molecule has 2 fully saturated rings. The van der Waals surface area contributed by atoms with E-state index in [4.69, 9.17) is 4.74 Å². The van der Waals surface area contributed by atoms with Crippen LogP contribution < -0.4 is 5.32 Å². The van der Waals surface area contributed by atoms with E-state index in [1.807, 2.05) is 0 Å². The first-order chi connectivity index (χ1) is 10.1. The van der Waals surface area contributed by atoms with Crippen LogP contribution in [-0.2, 0) is 9.53 Å². The average molecular weight is 295 g/mol. The Kier molecular flexibility index (Phi) is 6.53. The molecular formula is C18H33NO2. The smallest absolute Gasteiger partial charge is 0.223 e. The second kappa shape index (κ2) is 8.17. The molecule has 0 radical (unpaired) electrons. The van der Waals surface area contributed by atoms with Crippen LogP contribution in [0.3, 0.4) is 0 Å². The molecule has 0 atom stereocenters. The van der Waals surface area contributed by atoms with Crippen molar-refractivity contribution in [2.45, 2.75) is 96.8 Å². The summed E-state index contributed by atoms with van der Waals surface area (Å²) in [5.74, 6) is 1.42. The highest BCUT2D eigenvalue weighted by Gasteiger charge is 2.29. The van der Waals surface area contributed by atoms with Gasteiger partial charge >= 0.3 is 0 Å². The normalized spacial score (nSPS) is 33.9. The van der Waals surface area contributed by atoms with E-state index in [2.05, 4.69) is 26.1 Å². The fourth-order valence-electron chi connectivity index (χ4n) is 3.88. The minimum absolute atomic E-state index is 0.223. The van der Waals surface area contributed by atoms with Gasteiger partial charge in [0.25, 0.3) is 0 Å². The van der Waals surface area contributed by atoms with Crippen molar-refractivity contribution in [3.8, 4) is 0 Å². The molecule has 3 nitrogen and oxygen atoms in total. The van der Waals surface area contributed by atoms with E-state index in [1.54, 1.807) is 0 Å². The molecule has 0 spiro atoms. The maximum absolute atomic E-state index is 12.4. The predicted molar refractivity (Wildman–Crippen MR) is 86.1 cm³/mol. The maximum Gasteiger partial charge on any atom is 0.223 e. The van der Waals surface area contributed by atoms with Crippen LogP contribution in [0.1, 0.15) is 78.6 Å². The highest BCUT2D eigenvalue weighted by Crippen LogP contribution is 2.29. The Labute approximate surface area is 130 Å². The van der Waals surface area contributed by atoms with E-state index >= 15 is 0 Å². The molecule has 2 rings (SSSR count). The molecule has 0 bridgehead atoms. The first-order valence-corrected chi connectivity index (χ1v) is 9.04. The van der Waals surface area contributed by atoms with Crippen LogP contribution in [0, 0.1) is 11.8 Å². The summed E-state index contributed by atoms with van der Waals surface area (Å²) in [4.78, 5) is 12.4. The number of hydrogen-bond donors (Lipinski definition) is 1. The van der Waals surface area contributed by atoms with E-state index in [0.29, 0.717) is 24.2 Å². The molecule has 0 heterocycles. The summed E-state index contributed by atoms with van der Waals surface area (Å²) >= 11 is 0. The van der Waals surface area contributed by atoms with Gasteiger partial charge in [-0.25, -0.2) is 0 Å². The number of carbonyl (C=O) groups excluding carboxylic acids is 1. The topological polar surface area (TPSA) is 38.3 Å². The number of nitrogens with one attached hydrogen (secondary N) is 1. The lowest BCUT2D eigenvalue weighted by molar-refractivity contribution is -0.128. The molecule has 2 aliphatic rings. The highest BCUT2D eigenvalue weighted by atomic mass is 16.5. The van der Waals surface area contributed by atoms with Gasteiger partial charge in [0, 0.05) is 12.0 Å². The first kappa shape index (κ1) is 16.8. The van der Waals surface area contributed by atoms with Gasteiger partial charge in [0.05, 0.1) is 12.2 Å². The lowest BCUT2D eigenvalue weighted by atomic mass is 9.83. The lowest BCUT2D eigenvalue weighted by Crippen LogP contribution is -2.42. The third kappa shape index (κ3) is 5.28. The van der Waals surface area contributed by atoms with E-state index in [-0.39, 0.29) is 5.92 Å². The number of hydrogen-bond acceptors (Lipinski definition) is 2. The standard InChI is InChI=1S/C18H33NO2/c1-4-14-5-9-16(10-6-14)19-18(20)15-7-11-17(12-8-15)21-13(2)3/h13-17H,4-12H2,1-3H3,(H,19,20). The summed E-state index contributed by atoms with van der Waals surface area (Å²) in [6.45, 7) is 6.46. The van der Waals surface area contributed by atoms with Gasteiger partial charge in [-0.05, 0) is 71.1 Å². The van der Waals surface area contributed by atoms with Crippen molar-refractivity contribution in [1.29, 1.82) is 0 Å². The summed E-state index contributed by atoms with van der Waals surface area (Å²) in [5.41, 5.74) is 0. The zero-order chi connectivity index (χ0) is 15.2. The summed E-state index contributed by atoms with van der Waals surface area (Å²) in [6.07, 6.45) is 11.0. The van der Waals surface area contributed by atoms with Gasteiger partial charge in [0.15, 0.2) is 0 Å². The van der Waals surface area contributed by atoms with Gasteiger partial charge in [0.2, 0.25) is 5.91 Å². The van der Waals surface area contributed by atoms with E-state index in [9.17, 15) is 4.79 Å². The van der Waals surface area contributed by atoms with E-state index in [0.717, 1.165) is 31.6 Å². The van der Waals surface area contributed by atoms with Crippen molar-refractivity contribution in [3.63, 3.8) is 0 Å². The number of amides is 1. The lowest BCUT2D eigenvalue weighted by Gasteiger charge is -2.32. The maximum atomic E-state index is 12.4. The van der Waals surface area contributed by atoms with Crippen molar-refractivity contribution >= 4 is 5.91 Å². The van der Waals surface area contributed by atoms with Gasteiger partial charge in [-0.15, -0.1) is 0 Å². The van der Waals surface area contributed by atoms with E-state index < -0.39 is 0 Å². The molecule has 3 heteroatoms. The SMILES string of the molecule is CCC1CCC(NC(=O)C2CCC(OC(C)C)CC2)CC1. The zero-order valence-corrected chi connectivity index (χ0v) is 14.1.